The van der Waals surface area contributed by atoms with Crippen LogP contribution in [0.2, 0.25) is 0 Å². The van der Waals surface area contributed by atoms with E-state index in [1.807, 2.05) is 172 Å². The van der Waals surface area contributed by atoms with Gasteiger partial charge < -0.3 is 25.4 Å². The third-order valence-electron chi connectivity index (χ3n) is 12.9. The van der Waals surface area contributed by atoms with Crippen molar-refractivity contribution in [2.75, 3.05) is 13.2 Å². The zero-order valence-corrected chi connectivity index (χ0v) is 39.0. The Hall–Kier alpha value is -6.60. The van der Waals surface area contributed by atoms with Crippen molar-refractivity contribution >= 4 is 41.0 Å². The molecule has 0 radical (unpaired) electrons. The zero-order valence-electron chi connectivity index (χ0n) is 37.3. The molecule has 2 aliphatic rings. The number of likely N-dealkylation sites (tertiary alicyclic amines) is 1. The van der Waals surface area contributed by atoms with Crippen LogP contribution < -0.4 is 10.6 Å². The number of benzene rings is 6. The van der Waals surface area contributed by atoms with Crippen molar-refractivity contribution in [2.24, 2.45) is 0 Å². The third-order valence-corrected chi connectivity index (χ3v) is 15.6. The maximum Gasteiger partial charge on any atom is 0.407 e. The second-order valence-corrected chi connectivity index (χ2v) is 20.2. The average Bonchev–Trinajstić information content (AvgIpc) is 4.03. The number of ether oxygens (including phenoxy) is 1. The Bertz CT molecular complexity index is 2720. The molecule has 1 aliphatic carbocycles. The van der Waals surface area contributed by atoms with Gasteiger partial charge in [-0.1, -0.05) is 164 Å². The largest absolute Gasteiger partial charge is 0.449 e. The Morgan fingerprint density at radius 3 is 1.84 bits per heavy atom. The van der Waals surface area contributed by atoms with Gasteiger partial charge in [-0.2, -0.15) is 0 Å². The summed E-state index contributed by atoms with van der Waals surface area (Å²) in [4.78, 5) is 50.4. The van der Waals surface area contributed by atoms with E-state index >= 15 is 9.18 Å². The van der Waals surface area contributed by atoms with Gasteiger partial charge in [0.1, 0.15) is 24.8 Å². The van der Waals surface area contributed by atoms with Crippen molar-refractivity contribution < 1.29 is 28.6 Å². The van der Waals surface area contributed by atoms with Gasteiger partial charge in [-0.05, 0) is 70.8 Å². The van der Waals surface area contributed by atoms with Crippen LogP contribution in [0.25, 0.3) is 21.6 Å². The Kier molecular flexibility index (Phi) is 13.1. The molecule has 67 heavy (non-hydrogen) atoms. The molecule has 4 atom stereocenters. The van der Waals surface area contributed by atoms with Crippen molar-refractivity contribution in [3.05, 3.63) is 208 Å². The molecule has 9 nitrogen and oxygen atoms in total. The number of alkyl carbamates (subject to hydrolysis) is 1. The van der Waals surface area contributed by atoms with E-state index in [9.17, 15) is 14.7 Å². The van der Waals surface area contributed by atoms with Gasteiger partial charge in [0.25, 0.3) is 0 Å². The molecule has 1 aliphatic heterocycles. The normalized spacial score (nSPS) is 17.3. The smallest absolute Gasteiger partial charge is 0.407 e. The van der Waals surface area contributed by atoms with Crippen LogP contribution in [-0.4, -0.2) is 75.2 Å². The Labute approximate surface area is 398 Å². The molecule has 3 N–H and O–H groups in total. The van der Waals surface area contributed by atoms with Gasteiger partial charge in [0, 0.05) is 17.2 Å². The molecule has 3 amide bonds. The Morgan fingerprint density at radius 2 is 1.31 bits per heavy atom. The molecule has 0 unspecified atom stereocenters. The lowest BCUT2D eigenvalue weighted by atomic mass is 9.84. The Balaban J connectivity index is 1.05. The number of carbonyl (C=O) groups excluding carboxylic acids is 3. The summed E-state index contributed by atoms with van der Waals surface area (Å²) in [6.45, 7) is 5.24. The summed E-state index contributed by atoms with van der Waals surface area (Å²) in [6.07, 6.45) is -4.60. The number of carbonyl (C=O) groups is 3. The van der Waals surface area contributed by atoms with Crippen molar-refractivity contribution in [3.63, 3.8) is 0 Å². The van der Waals surface area contributed by atoms with E-state index in [0.717, 1.165) is 65.5 Å². The van der Waals surface area contributed by atoms with Crippen LogP contribution in [0.3, 0.4) is 0 Å². The summed E-state index contributed by atoms with van der Waals surface area (Å²) in [5.74, 6) is -1.76. The summed E-state index contributed by atoms with van der Waals surface area (Å²) in [6, 6.07) is 50.5. The summed E-state index contributed by atoms with van der Waals surface area (Å²) in [5.41, 5.74) is 11.4. The number of nitrogens with one attached hydrogen (secondary N) is 2. The lowest BCUT2D eigenvalue weighted by Gasteiger charge is -2.45. The van der Waals surface area contributed by atoms with Crippen molar-refractivity contribution in [1.29, 1.82) is 0 Å². The first-order valence-corrected chi connectivity index (χ1v) is 24.0. The summed E-state index contributed by atoms with van der Waals surface area (Å²) < 4.78 is 20.2. The van der Waals surface area contributed by atoms with Gasteiger partial charge in [0.15, 0.2) is 6.17 Å². The van der Waals surface area contributed by atoms with Crippen molar-refractivity contribution in [2.45, 2.75) is 67.1 Å². The number of aliphatic hydroxyl groups excluding tert-OH is 1. The zero-order chi connectivity index (χ0) is 46.7. The maximum absolute atomic E-state index is 16.3. The van der Waals surface area contributed by atoms with E-state index in [0.29, 0.717) is 0 Å². The number of thiazole rings is 1. The minimum Gasteiger partial charge on any atom is -0.449 e. The van der Waals surface area contributed by atoms with Crippen LogP contribution in [0.4, 0.5) is 9.18 Å². The first-order valence-electron chi connectivity index (χ1n) is 22.3. The van der Waals surface area contributed by atoms with E-state index in [1.54, 1.807) is 5.51 Å². The number of thioether (sulfide) groups is 1. The molecule has 0 bridgehead atoms. The molecule has 340 valence electrons. The number of aromatic nitrogens is 1. The molecular weight excluding hydrogens is 880 g/mol. The number of alkyl halides is 1. The summed E-state index contributed by atoms with van der Waals surface area (Å²) >= 11 is 3.00. The lowest BCUT2D eigenvalue weighted by molar-refractivity contribution is -0.141. The first kappa shape index (κ1) is 45.6. The first-order chi connectivity index (χ1) is 32.5. The summed E-state index contributed by atoms with van der Waals surface area (Å²) in [5, 5.41) is 16.8. The SMILES string of the molecule is Cc1ncsc1-c1ccc(CNC(=O)[C@H]2[C@@H](F)[C@@H](O)CN2C(=O)[C@@H](NC(=O)OCC2c3ccccc3-c3ccccc32)C(C)(C)SC(c2ccccc2)(c2ccccc2)c2ccccc2)cc1. The van der Waals surface area contributed by atoms with Gasteiger partial charge in [-0.25, -0.2) is 14.2 Å². The van der Waals surface area contributed by atoms with Crippen LogP contribution in [-0.2, 0) is 25.6 Å². The molecule has 2 heterocycles. The van der Waals surface area contributed by atoms with Crippen LogP contribution in [0.15, 0.2) is 169 Å². The van der Waals surface area contributed by atoms with Crippen LogP contribution in [0.1, 0.15) is 58.8 Å². The molecule has 12 heteroatoms. The highest BCUT2D eigenvalue weighted by Gasteiger charge is 2.54. The summed E-state index contributed by atoms with van der Waals surface area (Å²) in [7, 11) is 0. The highest BCUT2D eigenvalue weighted by atomic mass is 32.2. The predicted molar refractivity (Wildman–Crippen MR) is 263 cm³/mol. The number of hydrogen-bond donors (Lipinski definition) is 3. The van der Waals surface area contributed by atoms with Crippen LogP contribution in [0.5, 0.6) is 0 Å². The predicted octanol–water partition coefficient (Wildman–Crippen LogP) is 10.1. The Morgan fingerprint density at radius 1 is 0.791 bits per heavy atom. The molecule has 7 aromatic rings. The number of β-amino-alcohol motifs (C(OH)–C–C–N with tert-alkyl or cyclic N) is 1. The lowest BCUT2D eigenvalue weighted by Crippen LogP contribution is -2.61. The second-order valence-electron chi connectivity index (χ2n) is 17.5. The molecule has 1 aromatic heterocycles. The van der Waals surface area contributed by atoms with Crippen LogP contribution >= 0.6 is 23.1 Å². The number of fused-ring (bicyclic) bond motifs is 3. The molecular formula is C55H51FN4O5S2. The van der Waals surface area contributed by atoms with Gasteiger partial charge >= 0.3 is 6.09 Å². The monoisotopic (exact) mass is 930 g/mol. The second kappa shape index (κ2) is 19.3. The molecule has 1 fully saturated rings. The fourth-order valence-electron chi connectivity index (χ4n) is 9.56. The number of aliphatic hydroxyl groups is 1. The minimum absolute atomic E-state index is 0.0128. The topological polar surface area (TPSA) is 121 Å². The van der Waals surface area contributed by atoms with Gasteiger partial charge in [-0.3, -0.25) is 9.59 Å². The molecule has 1 saturated heterocycles. The number of amides is 3. The number of rotatable bonds is 14. The van der Waals surface area contributed by atoms with E-state index in [1.165, 1.54) is 23.1 Å². The van der Waals surface area contributed by atoms with Crippen LogP contribution in [0, 0.1) is 6.92 Å². The molecule has 6 aromatic carbocycles. The highest BCUT2D eigenvalue weighted by molar-refractivity contribution is 8.02. The van der Waals surface area contributed by atoms with Crippen molar-refractivity contribution in [3.8, 4) is 21.6 Å². The van der Waals surface area contributed by atoms with Gasteiger partial charge in [0.2, 0.25) is 11.8 Å². The van der Waals surface area contributed by atoms with Crippen molar-refractivity contribution in [1.82, 2.24) is 20.5 Å². The molecule has 0 saturated carbocycles. The number of nitrogens with zero attached hydrogens (tertiary/aromatic N) is 2. The number of halogens is 1. The molecule has 9 rings (SSSR count). The third kappa shape index (κ3) is 9.01. The highest BCUT2D eigenvalue weighted by Crippen LogP contribution is 2.54. The number of hydrogen-bond acceptors (Lipinski definition) is 8. The van der Waals surface area contributed by atoms with E-state index in [-0.39, 0.29) is 19.1 Å². The van der Waals surface area contributed by atoms with Gasteiger partial charge in [-0.15, -0.1) is 23.1 Å². The average molecular weight is 931 g/mol. The maximum atomic E-state index is 16.3. The standard InChI is InChI=1S/C55H51FN4O5S2/c1-35-49(66-34-58-35)37-29-27-36(28-30-37)31-57-51(62)48-47(56)46(61)32-60(48)52(63)50(59-53(64)65-33-45-43-25-15-13-23-41(43)42-24-14-16-26-44(42)45)54(2,3)67-55(38-17-7-4-8-18-38,39-19-9-5-10-20-39)40-21-11-6-12-22-40/h4-30,34,45-48,50,61H,31-33H2,1-3H3,(H,57,62)(H,59,64)/t46-,47-,48+,50+/m0/s1. The minimum atomic E-state index is -2.09. The fraction of sp³-hybridized carbons (Fsp3) is 0.236. The van der Waals surface area contributed by atoms with E-state index < -0.39 is 58.3 Å². The van der Waals surface area contributed by atoms with E-state index in [4.69, 9.17) is 4.74 Å². The molecule has 0 spiro atoms. The number of aryl methyl sites for hydroxylation is 1. The fourth-order valence-corrected chi connectivity index (χ4v) is 12.2. The van der Waals surface area contributed by atoms with E-state index in [2.05, 4.69) is 27.8 Å². The quantitative estimate of drug-likeness (QED) is 0.0929. The van der Waals surface area contributed by atoms with Gasteiger partial charge in [0.05, 0.1) is 27.4 Å².